The van der Waals surface area contributed by atoms with E-state index in [9.17, 15) is 0 Å². The summed E-state index contributed by atoms with van der Waals surface area (Å²) < 4.78 is 2.45. The van der Waals surface area contributed by atoms with Gasteiger partial charge in [0.1, 0.15) is 0 Å². The number of nitrogens with zero attached hydrogens (tertiary/aromatic N) is 8. The largest absolute Gasteiger partial charge is 0.311 e. The Morgan fingerprint density at radius 3 is 1.45 bits per heavy atom. The van der Waals surface area contributed by atoms with E-state index in [0.717, 1.165) is 84.0 Å². The van der Waals surface area contributed by atoms with E-state index in [0.29, 0.717) is 23.3 Å². The molecule has 0 N–H and O–H groups in total. The van der Waals surface area contributed by atoms with Gasteiger partial charge in [-0.2, -0.15) is 0 Å². The molecule has 454 valence electrons. The lowest BCUT2D eigenvalue weighted by Gasteiger charge is -2.44. The summed E-state index contributed by atoms with van der Waals surface area (Å²) in [6.45, 7) is 4.77. The zero-order valence-corrected chi connectivity index (χ0v) is 53.3. The van der Waals surface area contributed by atoms with E-state index >= 15 is 0 Å². The fourth-order valence-corrected chi connectivity index (χ4v) is 15.5. The molecule has 0 atom stereocenters. The quantitative estimate of drug-likeness (QED) is 0.126. The van der Waals surface area contributed by atoms with Crippen molar-refractivity contribution in [2.24, 2.45) is 0 Å². The van der Waals surface area contributed by atoms with E-state index in [1.54, 1.807) is 0 Å². The summed E-state index contributed by atoms with van der Waals surface area (Å²) in [6.07, 6.45) is 0. The van der Waals surface area contributed by atoms with Crippen LogP contribution in [0.5, 0.6) is 0 Å². The number of para-hydroxylation sites is 4. The van der Waals surface area contributed by atoms with Crippen LogP contribution in [0.4, 0.5) is 34.1 Å². The molecule has 16 aromatic rings. The Bertz CT molecular complexity index is 5760. The molecule has 0 amide bonds. The Kier molecular flexibility index (Phi) is 12.9. The molecule has 0 unspecified atom stereocenters. The Morgan fingerprint density at radius 2 is 0.773 bits per heavy atom. The van der Waals surface area contributed by atoms with Crippen molar-refractivity contribution in [2.75, 3.05) is 9.80 Å². The average Bonchev–Trinajstić information content (AvgIpc) is 1.05. The minimum absolute atomic E-state index is 0.0630. The summed E-state index contributed by atoms with van der Waals surface area (Å²) in [5.74, 6) is 2.33. The zero-order valence-electron chi connectivity index (χ0n) is 53.3. The minimum Gasteiger partial charge on any atom is -0.311 e. The predicted molar refractivity (Wildman–Crippen MR) is 399 cm³/mol. The van der Waals surface area contributed by atoms with E-state index in [2.05, 4.69) is 313 Å². The molecule has 97 heavy (non-hydrogen) atoms. The van der Waals surface area contributed by atoms with Gasteiger partial charge in [-0.05, 0) is 147 Å². The van der Waals surface area contributed by atoms with Gasteiger partial charge in [-0.15, -0.1) is 0 Å². The van der Waals surface area contributed by atoms with Crippen molar-refractivity contribution in [3.8, 4) is 96.0 Å². The maximum Gasteiger partial charge on any atom is 0.252 e. The van der Waals surface area contributed by atoms with Gasteiger partial charge in [0.25, 0.3) is 6.71 Å². The predicted octanol–water partition coefficient (Wildman–Crippen LogP) is 19.8. The van der Waals surface area contributed by atoms with Crippen LogP contribution in [0.25, 0.3) is 118 Å². The van der Waals surface area contributed by atoms with Gasteiger partial charge in [-0.1, -0.05) is 238 Å². The lowest BCUT2D eigenvalue weighted by atomic mass is 9.33. The number of hydrogen-bond donors (Lipinski definition) is 0. The standard InChI is InChI=1S/C88H59BN8/c1-88(2)70-37-17-15-35-65(70)67-53-68-66-36-16-20-40-76(66)97(82(68)54-71(67)88)77-50-47-62(87-93-84(58-27-9-4-10-28-58)92-85(94-87)59-29-11-5-12-30-59)52-69(77)75-55-74(57-25-7-3-8-26-57)90-86(91-75)61-32-23-31-60(51-61)56-45-48-64(49-46-56)96-79-42-22-19-39-73(79)89-72-38-18-21-41-78(72)95(63-33-13-6-14-34-63)80-43-24-44-81(96)83(80)89/h3-55H,1-2H3. The second kappa shape index (κ2) is 22.3. The fraction of sp³-hybridized carbons (Fsp3) is 0.0341. The van der Waals surface area contributed by atoms with Gasteiger partial charge in [0.15, 0.2) is 23.3 Å². The number of hydrogen-bond acceptors (Lipinski definition) is 7. The number of fused-ring (bicyclic) bond motifs is 10. The van der Waals surface area contributed by atoms with Gasteiger partial charge in [0, 0.05) is 83.7 Å². The number of benzene rings is 13. The monoisotopic (exact) mass is 1240 g/mol. The molecule has 19 rings (SSSR count). The topological polar surface area (TPSA) is 75.9 Å². The van der Waals surface area contributed by atoms with Gasteiger partial charge in [-0.3, -0.25) is 0 Å². The zero-order chi connectivity index (χ0) is 64.3. The first-order valence-electron chi connectivity index (χ1n) is 33.2. The van der Waals surface area contributed by atoms with E-state index in [1.807, 2.05) is 36.4 Å². The molecular weight excluding hydrogens is 1180 g/mol. The van der Waals surface area contributed by atoms with Crippen LogP contribution in [0.2, 0.25) is 0 Å². The Labute approximate surface area is 562 Å². The number of aromatic nitrogens is 6. The van der Waals surface area contributed by atoms with Gasteiger partial charge in [0.05, 0.1) is 28.1 Å². The second-order valence-corrected chi connectivity index (χ2v) is 25.9. The molecule has 0 bridgehead atoms. The third-order valence-corrected chi connectivity index (χ3v) is 20.0. The average molecular weight is 1240 g/mol. The lowest BCUT2D eigenvalue weighted by Crippen LogP contribution is -2.61. The van der Waals surface area contributed by atoms with Gasteiger partial charge >= 0.3 is 0 Å². The molecule has 8 nitrogen and oxygen atoms in total. The molecule has 0 saturated carbocycles. The van der Waals surface area contributed by atoms with E-state index < -0.39 is 0 Å². The van der Waals surface area contributed by atoms with Crippen molar-refractivity contribution >= 4 is 79.0 Å². The molecular formula is C88H59BN8. The van der Waals surface area contributed by atoms with Crippen LogP contribution < -0.4 is 26.2 Å². The molecule has 0 radical (unpaired) electrons. The summed E-state index contributed by atoms with van der Waals surface area (Å²) in [5.41, 5.74) is 28.0. The first kappa shape index (κ1) is 56.0. The van der Waals surface area contributed by atoms with Crippen molar-refractivity contribution in [3.63, 3.8) is 0 Å². The van der Waals surface area contributed by atoms with Gasteiger partial charge < -0.3 is 14.4 Å². The normalized spacial score (nSPS) is 13.1. The molecule has 3 aromatic heterocycles. The van der Waals surface area contributed by atoms with Gasteiger partial charge in [-0.25, -0.2) is 24.9 Å². The molecule has 1 aliphatic carbocycles. The summed E-state index contributed by atoms with van der Waals surface area (Å²) in [4.78, 5) is 31.8. The molecule has 3 aliphatic rings. The van der Waals surface area contributed by atoms with Crippen LogP contribution >= 0.6 is 0 Å². The molecule has 0 spiro atoms. The molecule has 0 fully saturated rings. The van der Waals surface area contributed by atoms with E-state index in [1.165, 1.54) is 72.2 Å². The van der Waals surface area contributed by atoms with Crippen LogP contribution in [0.1, 0.15) is 25.0 Å². The number of anilines is 6. The smallest absolute Gasteiger partial charge is 0.252 e. The Morgan fingerprint density at radius 1 is 0.278 bits per heavy atom. The summed E-state index contributed by atoms with van der Waals surface area (Å²) in [7, 11) is 0. The van der Waals surface area contributed by atoms with Crippen molar-refractivity contribution in [2.45, 2.75) is 19.3 Å². The maximum absolute atomic E-state index is 5.73. The van der Waals surface area contributed by atoms with Crippen LogP contribution in [0, 0.1) is 0 Å². The van der Waals surface area contributed by atoms with E-state index in [4.69, 9.17) is 24.9 Å². The molecule has 2 aliphatic heterocycles. The lowest BCUT2D eigenvalue weighted by molar-refractivity contribution is 0.661. The highest BCUT2D eigenvalue weighted by molar-refractivity contribution is 7.00. The fourth-order valence-electron chi connectivity index (χ4n) is 15.5. The molecule has 5 heterocycles. The summed E-state index contributed by atoms with van der Waals surface area (Å²) in [6, 6.07) is 115. The Balaban J connectivity index is 0.773. The van der Waals surface area contributed by atoms with Crippen LogP contribution in [-0.2, 0) is 5.41 Å². The highest BCUT2D eigenvalue weighted by atomic mass is 15.2. The SMILES string of the molecule is CC1(C)c2ccccc2-c2cc3c4ccccc4n(-c4ccc(-c5nc(-c6ccccc6)nc(-c6ccccc6)n5)cc4-c4cc(-c5ccccc5)nc(-c5cccc(-c6ccc(N7c8ccccc8B8c9ccccc9N(c9ccccc9)c9cccc7c98)cc6)c5)n4)c3cc21. The van der Waals surface area contributed by atoms with Crippen molar-refractivity contribution in [1.29, 1.82) is 0 Å². The first-order chi connectivity index (χ1) is 47.9. The molecule has 9 heteroatoms. The van der Waals surface area contributed by atoms with Crippen molar-refractivity contribution in [1.82, 2.24) is 29.5 Å². The third-order valence-electron chi connectivity index (χ3n) is 20.0. The van der Waals surface area contributed by atoms with Crippen LogP contribution in [0.15, 0.2) is 322 Å². The van der Waals surface area contributed by atoms with Crippen LogP contribution in [0.3, 0.4) is 0 Å². The third kappa shape index (κ3) is 9.11. The Hall–Kier alpha value is -12.6. The van der Waals surface area contributed by atoms with Crippen molar-refractivity contribution in [3.05, 3.63) is 333 Å². The maximum atomic E-state index is 5.73. The minimum atomic E-state index is -0.228. The van der Waals surface area contributed by atoms with Crippen molar-refractivity contribution < 1.29 is 0 Å². The summed E-state index contributed by atoms with van der Waals surface area (Å²) in [5, 5.41) is 2.35. The summed E-state index contributed by atoms with van der Waals surface area (Å²) >= 11 is 0. The van der Waals surface area contributed by atoms with Gasteiger partial charge in [0.2, 0.25) is 0 Å². The highest BCUT2D eigenvalue weighted by Crippen LogP contribution is 2.52. The second-order valence-electron chi connectivity index (χ2n) is 25.9. The van der Waals surface area contributed by atoms with Crippen LogP contribution in [-0.4, -0.2) is 36.2 Å². The molecule has 13 aromatic carbocycles. The highest BCUT2D eigenvalue weighted by Gasteiger charge is 2.43. The molecule has 0 saturated heterocycles. The number of rotatable bonds is 10. The van der Waals surface area contributed by atoms with E-state index in [-0.39, 0.29) is 12.1 Å². The first-order valence-corrected chi connectivity index (χ1v) is 33.2.